The fraction of sp³-hybridized carbons (Fsp3) is 0.333. The molecule has 3 nitrogen and oxygen atoms in total. The molecule has 4 rings (SSSR count). The van der Waals surface area contributed by atoms with E-state index in [1.54, 1.807) is 16.7 Å². The standard InChI is InChI=1S/C21H19ClF2N2O/c22-16-8-6-15(7-9-16)21(12-27,14-4-2-1-3-5-14)26-13-25-19-10-17(23)18(24)11-20(19)26/h6-14H,1-5H2. The molecule has 140 valence electrons. The number of imidazole rings is 1. The first kappa shape index (κ1) is 18.1. The average molecular weight is 389 g/mol. The Balaban J connectivity index is 1.99. The first-order valence-corrected chi connectivity index (χ1v) is 9.49. The lowest BCUT2D eigenvalue weighted by Gasteiger charge is -2.40. The number of hydrogen-bond donors (Lipinski definition) is 0. The minimum Gasteiger partial charge on any atom is -0.313 e. The van der Waals surface area contributed by atoms with E-state index in [1.165, 1.54) is 6.33 Å². The summed E-state index contributed by atoms with van der Waals surface area (Å²) in [5.74, 6) is -1.87. The molecule has 0 bridgehead atoms. The van der Waals surface area contributed by atoms with Crippen LogP contribution in [0.1, 0.15) is 37.7 Å². The lowest BCUT2D eigenvalue weighted by atomic mass is 9.71. The summed E-state index contributed by atoms with van der Waals surface area (Å²) >= 11 is 6.05. The molecule has 0 aliphatic heterocycles. The second-order valence-electron chi connectivity index (χ2n) is 7.15. The van der Waals surface area contributed by atoms with Gasteiger partial charge in [0, 0.05) is 17.2 Å². The Labute approximate surface area is 161 Å². The number of rotatable bonds is 4. The Morgan fingerprint density at radius 1 is 1.07 bits per heavy atom. The SMILES string of the molecule is O=CC(c1ccc(Cl)cc1)(C1CCCCC1)n1cnc2cc(F)c(F)cc21. The first-order chi connectivity index (χ1) is 13.1. The third kappa shape index (κ3) is 2.94. The number of fused-ring (bicyclic) bond motifs is 1. The van der Waals surface area contributed by atoms with E-state index in [0.29, 0.717) is 16.1 Å². The maximum absolute atomic E-state index is 14.0. The second-order valence-corrected chi connectivity index (χ2v) is 7.59. The predicted molar refractivity (Wildman–Crippen MR) is 101 cm³/mol. The normalized spacial score (nSPS) is 17.7. The zero-order valence-corrected chi connectivity index (χ0v) is 15.4. The summed E-state index contributed by atoms with van der Waals surface area (Å²) in [6.07, 6.45) is 7.40. The molecular weight excluding hydrogens is 370 g/mol. The van der Waals surface area contributed by atoms with Crippen LogP contribution in [0.15, 0.2) is 42.7 Å². The third-order valence-corrected chi connectivity index (χ3v) is 5.95. The van der Waals surface area contributed by atoms with Gasteiger partial charge in [0.2, 0.25) is 0 Å². The Morgan fingerprint density at radius 2 is 1.74 bits per heavy atom. The molecule has 0 saturated heterocycles. The number of benzene rings is 2. The number of halogens is 3. The van der Waals surface area contributed by atoms with Gasteiger partial charge in [0.05, 0.1) is 17.4 Å². The van der Waals surface area contributed by atoms with E-state index in [-0.39, 0.29) is 5.92 Å². The molecule has 1 atom stereocenters. The van der Waals surface area contributed by atoms with Crippen molar-refractivity contribution in [2.45, 2.75) is 37.6 Å². The molecule has 1 aromatic heterocycles. The number of carbonyl (C=O) groups excluding carboxylic acids is 1. The molecule has 1 fully saturated rings. The molecule has 1 heterocycles. The molecule has 1 aliphatic rings. The van der Waals surface area contributed by atoms with Gasteiger partial charge in [-0.1, -0.05) is 43.0 Å². The van der Waals surface area contributed by atoms with Crippen LogP contribution >= 0.6 is 11.6 Å². The van der Waals surface area contributed by atoms with Crippen molar-refractivity contribution in [1.29, 1.82) is 0 Å². The summed E-state index contributed by atoms with van der Waals surface area (Å²) < 4.78 is 29.3. The van der Waals surface area contributed by atoms with Crippen LogP contribution in [-0.4, -0.2) is 15.8 Å². The van der Waals surface area contributed by atoms with Gasteiger partial charge >= 0.3 is 0 Å². The quantitative estimate of drug-likeness (QED) is 0.554. The molecule has 1 saturated carbocycles. The number of aldehydes is 1. The monoisotopic (exact) mass is 388 g/mol. The smallest absolute Gasteiger partial charge is 0.161 e. The van der Waals surface area contributed by atoms with Crippen LogP contribution < -0.4 is 0 Å². The van der Waals surface area contributed by atoms with Crippen LogP contribution in [0.3, 0.4) is 0 Å². The van der Waals surface area contributed by atoms with Crippen molar-refractivity contribution in [2.24, 2.45) is 5.92 Å². The minimum atomic E-state index is -1.04. The Kier molecular flexibility index (Phi) is 4.72. The van der Waals surface area contributed by atoms with Gasteiger partial charge in [0.15, 0.2) is 17.9 Å². The van der Waals surface area contributed by atoms with E-state index in [1.807, 2.05) is 12.1 Å². The van der Waals surface area contributed by atoms with Gasteiger partial charge in [-0.05, 0) is 36.5 Å². The molecule has 1 unspecified atom stereocenters. The zero-order valence-electron chi connectivity index (χ0n) is 14.7. The summed E-state index contributed by atoms with van der Waals surface area (Å²) in [4.78, 5) is 16.9. The fourth-order valence-corrected chi connectivity index (χ4v) is 4.48. The number of aromatic nitrogens is 2. The average Bonchev–Trinajstić information content (AvgIpc) is 3.08. The molecule has 27 heavy (non-hydrogen) atoms. The Hall–Kier alpha value is -2.27. The maximum Gasteiger partial charge on any atom is 0.161 e. The Bertz CT molecular complexity index is 980. The summed E-state index contributed by atoms with van der Waals surface area (Å²) in [5, 5.41) is 0.575. The highest BCUT2D eigenvalue weighted by molar-refractivity contribution is 6.30. The highest BCUT2D eigenvalue weighted by Crippen LogP contribution is 2.43. The molecule has 3 aromatic rings. The number of carbonyl (C=O) groups is 1. The van der Waals surface area contributed by atoms with E-state index < -0.39 is 17.2 Å². The van der Waals surface area contributed by atoms with Gasteiger partial charge in [-0.3, -0.25) is 0 Å². The van der Waals surface area contributed by atoms with E-state index in [0.717, 1.165) is 56.1 Å². The fourth-order valence-electron chi connectivity index (χ4n) is 4.35. The van der Waals surface area contributed by atoms with Crippen LogP contribution in [0.5, 0.6) is 0 Å². The number of nitrogens with zero attached hydrogens (tertiary/aromatic N) is 2. The largest absolute Gasteiger partial charge is 0.313 e. The van der Waals surface area contributed by atoms with E-state index in [2.05, 4.69) is 4.98 Å². The van der Waals surface area contributed by atoms with Crippen LogP contribution in [0, 0.1) is 17.6 Å². The van der Waals surface area contributed by atoms with Crippen molar-refractivity contribution in [3.8, 4) is 0 Å². The third-order valence-electron chi connectivity index (χ3n) is 5.70. The highest BCUT2D eigenvalue weighted by atomic mass is 35.5. The van der Waals surface area contributed by atoms with Gasteiger partial charge < -0.3 is 9.36 Å². The van der Waals surface area contributed by atoms with E-state index in [9.17, 15) is 13.6 Å². The van der Waals surface area contributed by atoms with Gasteiger partial charge in [-0.15, -0.1) is 0 Å². The van der Waals surface area contributed by atoms with E-state index in [4.69, 9.17) is 11.6 Å². The van der Waals surface area contributed by atoms with E-state index >= 15 is 0 Å². The molecule has 0 N–H and O–H groups in total. The minimum absolute atomic E-state index is 0.0374. The first-order valence-electron chi connectivity index (χ1n) is 9.11. The van der Waals surface area contributed by atoms with Crippen molar-refractivity contribution in [1.82, 2.24) is 9.55 Å². The summed E-state index contributed by atoms with van der Waals surface area (Å²) in [5.41, 5.74) is 0.466. The molecular formula is C21H19ClF2N2O. The molecule has 0 radical (unpaired) electrons. The van der Waals surface area contributed by atoms with Gasteiger partial charge in [0.25, 0.3) is 0 Å². The molecule has 2 aromatic carbocycles. The van der Waals surface area contributed by atoms with Gasteiger partial charge in [0.1, 0.15) is 5.54 Å². The zero-order chi connectivity index (χ0) is 19.0. The van der Waals surface area contributed by atoms with Crippen molar-refractivity contribution in [2.75, 3.05) is 0 Å². The summed E-state index contributed by atoms with van der Waals surface area (Å²) in [6.45, 7) is 0. The molecule has 6 heteroatoms. The van der Waals surface area contributed by atoms with Crippen LogP contribution in [0.2, 0.25) is 5.02 Å². The summed E-state index contributed by atoms with van der Waals surface area (Å²) in [7, 11) is 0. The summed E-state index contributed by atoms with van der Waals surface area (Å²) in [6, 6.07) is 9.34. The number of hydrogen-bond acceptors (Lipinski definition) is 2. The molecule has 1 aliphatic carbocycles. The lowest BCUT2D eigenvalue weighted by molar-refractivity contribution is -0.116. The lowest BCUT2D eigenvalue weighted by Crippen LogP contribution is -2.44. The molecule has 0 spiro atoms. The van der Waals surface area contributed by atoms with Crippen molar-refractivity contribution < 1.29 is 13.6 Å². The van der Waals surface area contributed by atoms with Crippen molar-refractivity contribution >= 4 is 28.9 Å². The van der Waals surface area contributed by atoms with Crippen molar-refractivity contribution in [3.05, 3.63) is 64.9 Å². The van der Waals surface area contributed by atoms with Crippen molar-refractivity contribution in [3.63, 3.8) is 0 Å². The maximum atomic E-state index is 14.0. The van der Waals surface area contributed by atoms with Crippen LogP contribution in [0.4, 0.5) is 8.78 Å². The molecule has 0 amide bonds. The van der Waals surface area contributed by atoms with Gasteiger partial charge in [-0.2, -0.15) is 0 Å². The predicted octanol–water partition coefficient (Wildman–Crippen LogP) is 5.49. The Morgan fingerprint density at radius 3 is 2.41 bits per heavy atom. The highest BCUT2D eigenvalue weighted by Gasteiger charge is 2.43. The van der Waals surface area contributed by atoms with Crippen LogP contribution in [-0.2, 0) is 10.3 Å². The topological polar surface area (TPSA) is 34.9 Å². The van der Waals surface area contributed by atoms with Crippen LogP contribution in [0.25, 0.3) is 11.0 Å². The van der Waals surface area contributed by atoms with Gasteiger partial charge in [-0.25, -0.2) is 13.8 Å². The second kappa shape index (κ2) is 7.04.